The van der Waals surface area contributed by atoms with Crippen LogP contribution in [0.15, 0.2) is 24.3 Å². The van der Waals surface area contributed by atoms with Gasteiger partial charge in [0.15, 0.2) is 0 Å². The van der Waals surface area contributed by atoms with Gasteiger partial charge in [0, 0.05) is 29.5 Å². The van der Waals surface area contributed by atoms with E-state index in [0.29, 0.717) is 10.6 Å². The molecule has 2 aromatic rings. The smallest absolute Gasteiger partial charge is 0.257 e. The number of likely N-dealkylation sites (tertiary alicyclic amines) is 1. The summed E-state index contributed by atoms with van der Waals surface area (Å²) in [6.45, 7) is 8.09. The van der Waals surface area contributed by atoms with Crippen molar-refractivity contribution in [1.82, 2.24) is 9.47 Å². The number of nitrogens with zero attached hydrogens (tertiary/aromatic N) is 2. The van der Waals surface area contributed by atoms with Gasteiger partial charge < -0.3 is 14.8 Å². The Labute approximate surface area is 152 Å². The zero-order valence-corrected chi connectivity index (χ0v) is 15.4. The van der Waals surface area contributed by atoms with Gasteiger partial charge >= 0.3 is 0 Å². The van der Waals surface area contributed by atoms with Gasteiger partial charge in [0.1, 0.15) is 5.82 Å². The predicted molar refractivity (Wildman–Crippen MR) is 98.9 cm³/mol. The molecule has 0 saturated carbocycles. The van der Waals surface area contributed by atoms with Crippen LogP contribution in [0.2, 0.25) is 5.02 Å². The van der Waals surface area contributed by atoms with Crippen LogP contribution in [0.1, 0.15) is 34.6 Å². The minimum Gasteiger partial charge on any atom is -0.347 e. The van der Waals surface area contributed by atoms with Gasteiger partial charge in [-0.15, -0.1) is 0 Å². The molecule has 25 heavy (non-hydrogen) atoms. The first-order chi connectivity index (χ1) is 12.0. The summed E-state index contributed by atoms with van der Waals surface area (Å²) in [5.74, 6) is -0.842. The molecule has 1 aromatic heterocycles. The topological polar surface area (TPSA) is 37.3 Å². The van der Waals surface area contributed by atoms with E-state index in [4.69, 9.17) is 11.6 Å². The van der Waals surface area contributed by atoms with Gasteiger partial charge in [0.05, 0.1) is 11.3 Å². The van der Waals surface area contributed by atoms with E-state index in [-0.39, 0.29) is 11.6 Å². The van der Waals surface area contributed by atoms with Crippen LogP contribution < -0.4 is 5.32 Å². The fraction of sp³-hybridized carbons (Fsp3) is 0.421. The summed E-state index contributed by atoms with van der Waals surface area (Å²) in [7, 11) is 0. The maximum atomic E-state index is 13.9. The number of amides is 1. The first-order valence-corrected chi connectivity index (χ1v) is 8.99. The summed E-state index contributed by atoms with van der Waals surface area (Å²) in [6.07, 6.45) is 2.54. The molecule has 0 bridgehead atoms. The summed E-state index contributed by atoms with van der Waals surface area (Å²) in [5.41, 5.74) is 2.66. The number of carbonyl (C=O) groups is 1. The highest BCUT2D eigenvalue weighted by Crippen LogP contribution is 2.22. The molecule has 1 aliphatic heterocycles. The van der Waals surface area contributed by atoms with Crippen molar-refractivity contribution in [2.24, 2.45) is 0 Å². The SMILES string of the molecule is Cc1cc(C(=O)Nc2ccc(Cl)cc2F)c(C)n1CCN1CCCC1. The Morgan fingerprint density at radius 2 is 1.92 bits per heavy atom. The van der Waals surface area contributed by atoms with E-state index in [9.17, 15) is 9.18 Å². The fourth-order valence-corrected chi connectivity index (χ4v) is 3.56. The third-order valence-electron chi connectivity index (χ3n) is 4.84. The quantitative estimate of drug-likeness (QED) is 0.862. The Bertz CT molecular complexity index is 781. The average molecular weight is 364 g/mol. The number of nitrogens with one attached hydrogen (secondary N) is 1. The van der Waals surface area contributed by atoms with Gasteiger partial charge in [0.25, 0.3) is 5.91 Å². The van der Waals surface area contributed by atoms with Gasteiger partial charge in [0.2, 0.25) is 0 Å². The molecule has 134 valence electrons. The normalized spacial score (nSPS) is 14.9. The predicted octanol–water partition coefficient (Wildman–Crippen LogP) is 4.25. The lowest BCUT2D eigenvalue weighted by atomic mass is 10.2. The van der Waals surface area contributed by atoms with Crippen LogP contribution >= 0.6 is 11.6 Å². The number of rotatable bonds is 5. The minimum absolute atomic E-state index is 0.135. The molecule has 4 nitrogen and oxygen atoms in total. The standard InChI is InChI=1S/C19H23ClFN3O/c1-13-11-16(14(2)24(13)10-9-23-7-3-4-8-23)19(25)22-18-6-5-15(20)12-17(18)21/h5-6,11-12H,3-4,7-10H2,1-2H3,(H,22,25). The number of hydrogen-bond acceptors (Lipinski definition) is 2. The Kier molecular flexibility index (Phi) is 5.45. The Morgan fingerprint density at radius 1 is 1.20 bits per heavy atom. The van der Waals surface area contributed by atoms with E-state index in [0.717, 1.165) is 37.6 Å². The van der Waals surface area contributed by atoms with Gasteiger partial charge in [-0.05, 0) is 64.0 Å². The molecular weight excluding hydrogens is 341 g/mol. The van der Waals surface area contributed by atoms with Crippen LogP contribution in [0, 0.1) is 19.7 Å². The molecule has 1 fully saturated rings. The van der Waals surface area contributed by atoms with E-state index < -0.39 is 5.82 Å². The zero-order chi connectivity index (χ0) is 18.0. The van der Waals surface area contributed by atoms with E-state index >= 15 is 0 Å². The van der Waals surface area contributed by atoms with Crippen LogP contribution in [-0.2, 0) is 6.54 Å². The Morgan fingerprint density at radius 3 is 2.60 bits per heavy atom. The van der Waals surface area contributed by atoms with Crippen molar-refractivity contribution in [3.05, 3.63) is 52.1 Å². The monoisotopic (exact) mass is 363 g/mol. The molecule has 0 aliphatic carbocycles. The zero-order valence-electron chi connectivity index (χ0n) is 14.6. The summed E-state index contributed by atoms with van der Waals surface area (Å²) < 4.78 is 16.1. The lowest BCUT2D eigenvalue weighted by Crippen LogP contribution is -2.25. The number of anilines is 1. The van der Waals surface area contributed by atoms with Crippen LogP contribution in [-0.4, -0.2) is 35.0 Å². The molecule has 0 unspecified atom stereocenters. The highest BCUT2D eigenvalue weighted by molar-refractivity contribution is 6.30. The van der Waals surface area contributed by atoms with Crippen molar-refractivity contribution in [3.8, 4) is 0 Å². The molecule has 1 N–H and O–H groups in total. The highest BCUT2D eigenvalue weighted by Gasteiger charge is 2.18. The number of aromatic nitrogens is 1. The number of halogens is 2. The maximum Gasteiger partial charge on any atom is 0.257 e. The molecular formula is C19H23ClFN3O. The molecule has 1 aliphatic rings. The van der Waals surface area contributed by atoms with Crippen molar-refractivity contribution in [3.63, 3.8) is 0 Å². The van der Waals surface area contributed by atoms with Crippen molar-refractivity contribution < 1.29 is 9.18 Å². The van der Waals surface area contributed by atoms with Crippen molar-refractivity contribution in [1.29, 1.82) is 0 Å². The highest BCUT2D eigenvalue weighted by atomic mass is 35.5. The molecule has 0 radical (unpaired) electrons. The summed E-state index contributed by atoms with van der Waals surface area (Å²) in [6, 6.07) is 6.08. The molecule has 1 aromatic carbocycles. The van der Waals surface area contributed by atoms with Gasteiger partial charge in [-0.25, -0.2) is 4.39 Å². The minimum atomic E-state index is -0.538. The van der Waals surface area contributed by atoms with Crippen molar-refractivity contribution in [2.75, 3.05) is 25.0 Å². The number of benzene rings is 1. The Hall–Kier alpha value is -1.85. The maximum absolute atomic E-state index is 13.9. The van der Waals surface area contributed by atoms with Crippen LogP contribution in [0.25, 0.3) is 0 Å². The second-order valence-electron chi connectivity index (χ2n) is 6.56. The summed E-state index contributed by atoms with van der Waals surface area (Å²) in [5, 5.41) is 2.94. The largest absolute Gasteiger partial charge is 0.347 e. The van der Waals surface area contributed by atoms with Gasteiger partial charge in [-0.2, -0.15) is 0 Å². The molecule has 2 heterocycles. The van der Waals surface area contributed by atoms with E-state index in [1.807, 2.05) is 19.9 Å². The van der Waals surface area contributed by atoms with Crippen molar-refractivity contribution in [2.45, 2.75) is 33.2 Å². The average Bonchev–Trinajstić information content (AvgIpc) is 3.17. The Balaban J connectivity index is 1.73. The molecule has 6 heteroatoms. The van der Waals surface area contributed by atoms with E-state index in [2.05, 4.69) is 14.8 Å². The molecule has 0 spiro atoms. The van der Waals surface area contributed by atoms with E-state index in [1.54, 1.807) is 6.07 Å². The van der Waals surface area contributed by atoms with Crippen molar-refractivity contribution >= 4 is 23.2 Å². The second-order valence-corrected chi connectivity index (χ2v) is 7.00. The summed E-state index contributed by atoms with van der Waals surface area (Å²) >= 11 is 5.75. The van der Waals surface area contributed by atoms with E-state index in [1.165, 1.54) is 25.0 Å². The fourth-order valence-electron chi connectivity index (χ4n) is 3.40. The lowest BCUT2D eigenvalue weighted by Gasteiger charge is -2.17. The molecule has 1 amide bonds. The first kappa shape index (κ1) is 18.0. The molecule has 1 saturated heterocycles. The molecule has 0 atom stereocenters. The van der Waals surface area contributed by atoms with Gasteiger partial charge in [-0.3, -0.25) is 4.79 Å². The van der Waals surface area contributed by atoms with Crippen LogP contribution in [0.3, 0.4) is 0 Å². The number of hydrogen-bond donors (Lipinski definition) is 1. The third-order valence-corrected chi connectivity index (χ3v) is 5.07. The van der Waals surface area contributed by atoms with Gasteiger partial charge in [-0.1, -0.05) is 11.6 Å². The second kappa shape index (κ2) is 7.58. The number of aryl methyl sites for hydroxylation is 1. The summed E-state index contributed by atoms with van der Waals surface area (Å²) in [4.78, 5) is 15.0. The molecule has 3 rings (SSSR count). The first-order valence-electron chi connectivity index (χ1n) is 8.61. The van der Waals surface area contributed by atoms with Crippen LogP contribution in [0.4, 0.5) is 10.1 Å². The van der Waals surface area contributed by atoms with Crippen LogP contribution in [0.5, 0.6) is 0 Å². The number of carbonyl (C=O) groups excluding carboxylic acids is 1. The lowest BCUT2D eigenvalue weighted by molar-refractivity contribution is 0.102. The third kappa shape index (κ3) is 4.05.